The number of carbonyl (C=O) groups excluding carboxylic acids is 1. The topological polar surface area (TPSA) is 64.0 Å². The summed E-state index contributed by atoms with van der Waals surface area (Å²) in [6.45, 7) is 7.36. The second-order valence-electron chi connectivity index (χ2n) is 6.02. The monoisotopic (exact) mass is 273 g/mol. The smallest absolute Gasteiger partial charge is 0.262 e. The molecule has 1 aromatic heterocycles. The van der Waals surface area contributed by atoms with Gasteiger partial charge in [-0.15, -0.1) is 0 Å². The van der Waals surface area contributed by atoms with Crippen molar-refractivity contribution in [1.82, 2.24) is 9.55 Å². The minimum atomic E-state index is -0.542. The number of amides is 1. The Morgan fingerprint density at radius 3 is 2.55 bits per heavy atom. The number of nitrogens with one attached hydrogen (secondary N) is 1. The van der Waals surface area contributed by atoms with Crippen LogP contribution < -0.4 is 10.9 Å². The molecule has 2 rings (SSSR count). The van der Waals surface area contributed by atoms with Crippen molar-refractivity contribution in [2.24, 2.45) is 12.5 Å². The van der Waals surface area contributed by atoms with E-state index < -0.39 is 5.41 Å². The summed E-state index contributed by atoms with van der Waals surface area (Å²) < 4.78 is 1.37. The van der Waals surface area contributed by atoms with Crippen molar-refractivity contribution in [3.05, 3.63) is 34.1 Å². The largest absolute Gasteiger partial charge is 0.295 e. The van der Waals surface area contributed by atoms with E-state index >= 15 is 0 Å². The van der Waals surface area contributed by atoms with Crippen LogP contribution in [0.2, 0.25) is 0 Å². The van der Waals surface area contributed by atoms with Gasteiger partial charge in [-0.05, 0) is 19.1 Å². The van der Waals surface area contributed by atoms with Gasteiger partial charge in [0.25, 0.3) is 5.56 Å². The molecule has 0 aliphatic heterocycles. The Bertz CT molecular complexity index is 739. The summed E-state index contributed by atoms with van der Waals surface area (Å²) in [6.07, 6.45) is 0. The van der Waals surface area contributed by atoms with Crippen molar-refractivity contribution in [3.8, 4) is 0 Å². The van der Waals surface area contributed by atoms with Crippen molar-refractivity contribution in [2.45, 2.75) is 27.7 Å². The zero-order chi connectivity index (χ0) is 15.1. The maximum absolute atomic E-state index is 12.3. The number of hydrogen-bond acceptors (Lipinski definition) is 3. The van der Waals surface area contributed by atoms with Crippen LogP contribution in [0.15, 0.2) is 23.0 Å². The van der Waals surface area contributed by atoms with E-state index in [2.05, 4.69) is 10.3 Å². The molecule has 5 nitrogen and oxygen atoms in total. The van der Waals surface area contributed by atoms with Crippen molar-refractivity contribution >= 4 is 22.8 Å². The molecule has 1 amide bonds. The van der Waals surface area contributed by atoms with Gasteiger partial charge in [-0.2, -0.15) is 0 Å². The molecule has 5 heteroatoms. The lowest BCUT2D eigenvalue weighted by molar-refractivity contribution is -0.123. The summed E-state index contributed by atoms with van der Waals surface area (Å²) in [6, 6.07) is 5.49. The number of anilines is 1. The fourth-order valence-corrected chi connectivity index (χ4v) is 1.79. The Hall–Kier alpha value is -2.17. The summed E-state index contributed by atoms with van der Waals surface area (Å²) >= 11 is 0. The molecule has 0 saturated heterocycles. The molecule has 0 unspecified atom stereocenters. The first kappa shape index (κ1) is 14.2. The third-order valence-electron chi connectivity index (χ3n) is 3.14. The van der Waals surface area contributed by atoms with Gasteiger partial charge in [0.2, 0.25) is 11.9 Å². The second-order valence-corrected chi connectivity index (χ2v) is 6.02. The first-order chi connectivity index (χ1) is 9.20. The molecule has 0 bridgehead atoms. The van der Waals surface area contributed by atoms with Crippen LogP contribution in [-0.2, 0) is 11.8 Å². The molecule has 0 fully saturated rings. The molecule has 0 aliphatic carbocycles. The lowest BCUT2D eigenvalue weighted by atomic mass is 9.96. The molecule has 0 radical (unpaired) electrons. The maximum atomic E-state index is 12.3. The van der Waals surface area contributed by atoms with E-state index in [9.17, 15) is 9.59 Å². The average molecular weight is 273 g/mol. The van der Waals surface area contributed by atoms with E-state index in [1.54, 1.807) is 19.2 Å². The predicted molar refractivity (Wildman–Crippen MR) is 79.8 cm³/mol. The zero-order valence-electron chi connectivity index (χ0n) is 12.4. The van der Waals surface area contributed by atoms with Crippen LogP contribution in [0, 0.1) is 12.3 Å². The van der Waals surface area contributed by atoms with Crippen molar-refractivity contribution in [3.63, 3.8) is 0 Å². The van der Waals surface area contributed by atoms with Gasteiger partial charge >= 0.3 is 0 Å². The maximum Gasteiger partial charge on any atom is 0.262 e. The van der Waals surface area contributed by atoms with Crippen LogP contribution in [0.1, 0.15) is 26.3 Å². The third kappa shape index (κ3) is 2.57. The van der Waals surface area contributed by atoms with E-state index in [0.29, 0.717) is 10.9 Å². The Morgan fingerprint density at radius 1 is 1.30 bits per heavy atom. The quantitative estimate of drug-likeness (QED) is 0.866. The summed E-state index contributed by atoms with van der Waals surface area (Å²) in [5.74, 6) is 0.0951. The molecule has 0 spiro atoms. The van der Waals surface area contributed by atoms with Crippen LogP contribution in [0.25, 0.3) is 10.9 Å². The highest BCUT2D eigenvalue weighted by atomic mass is 16.2. The Labute approximate surface area is 117 Å². The molecule has 0 atom stereocenters. The van der Waals surface area contributed by atoms with Crippen LogP contribution in [-0.4, -0.2) is 15.5 Å². The normalized spacial score (nSPS) is 11.7. The van der Waals surface area contributed by atoms with Gasteiger partial charge in [0, 0.05) is 12.5 Å². The minimum absolute atomic E-state index is 0.164. The Balaban J connectivity index is 2.56. The van der Waals surface area contributed by atoms with E-state index in [-0.39, 0.29) is 17.4 Å². The molecule has 0 aliphatic rings. The van der Waals surface area contributed by atoms with Crippen LogP contribution >= 0.6 is 0 Å². The Morgan fingerprint density at radius 2 is 1.95 bits per heavy atom. The minimum Gasteiger partial charge on any atom is -0.295 e. The number of aryl methyl sites for hydroxylation is 1. The standard InChI is InChI=1S/C15H19N3O2/c1-9-6-7-11-10(8-9)12(19)18(5)14(16-11)17-13(20)15(2,3)4/h6-8H,1-5H3,(H,16,17,20). The fraction of sp³-hybridized carbons (Fsp3) is 0.400. The average Bonchev–Trinajstić information content (AvgIpc) is 2.35. The highest BCUT2D eigenvalue weighted by molar-refractivity contribution is 5.94. The number of rotatable bonds is 1. The summed E-state index contributed by atoms with van der Waals surface area (Å²) in [4.78, 5) is 28.7. The van der Waals surface area contributed by atoms with Crippen molar-refractivity contribution < 1.29 is 4.79 Å². The van der Waals surface area contributed by atoms with Gasteiger partial charge in [-0.3, -0.25) is 19.5 Å². The predicted octanol–water partition coefficient (Wildman–Crippen LogP) is 2.23. The number of fused-ring (bicyclic) bond motifs is 1. The molecule has 1 aromatic carbocycles. The van der Waals surface area contributed by atoms with E-state index in [1.807, 2.05) is 33.8 Å². The highest BCUT2D eigenvalue weighted by Crippen LogP contribution is 2.17. The third-order valence-corrected chi connectivity index (χ3v) is 3.14. The molecular formula is C15H19N3O2. The van der Waals surface area contributed by atoms with Crippen LogP contribution in [0.3, 0.4) is 0 Å². The van der Waals surface area contributed by atoms with Crippen LogP contribution in [0.4, 0.5) is 5.95 Å². The first-order valence-electron chi connectivity index (χ1n) is 6.49. The fourth-order valence-electron chi connectivity index (χ4n) is 1.79. The summed E-state index contributed by atoms with van der Waals surface area (Å²) in [5, 5.41) is 3.27. The van der Waals surface area contributed by atoms with Crippen LogP contribution in [0.5, 0.6) is 0 Å². The van der Waals surface area contributed by atoms with Crippen molar-refractivity contribution in [2.75, 3.05) is 5.32 Å². The van der Waals surface area contributed by atoms with Crippen molar-refractivity contribution in [1.29, 1.82) is 0 Å². The second kappa shape index (κ2) is 4.74. The number of carbonyl (C=O) groups is 1. The van der Waals surface area contributed by atoms with Gasteiger partial charge in [0.05, 0.1) is 10.9 Å². The summed E-state index contributed by atoms with van der Waals surface area (Å²) in [5.41, 5.74) is 0.883. The first-order valence-corrected chi connectivity index (χ1v) is 6.49. The van der Waals surface area contributed by atoms with Gasteiger partial charge in [-0.25, -0.2) is 4.98 Å². The number of benzene rings is 1. The summed E-state index contributed by atoms with van der Waals surface area (Å²) in [7, 11) is 1.61. The lowest BCUT2D eigenvalue weighted by Gasteiger charge is -2.18. The van der Waals surface area contributed by atoms with Gasteiger partial charge in [0.1, 0.15) is 0 Å². The van der Waals surface area contributed by atoms with E-state index in [4.69, 9.17) is 0 Å². The van der Waals surface area contributed by atoms with E-state index in [0.717, 1.165) is 5.56 Å². The lowest BCUT2D eigenvalue weighted by Crippen LogP contribution is -2.32. The number of nitrogens with zero attached hydrogens (tertiary/aromatic N) is 2. The molecule has 1 heterocycles. The Kier molecular flexibility index (Phi) is 3.38. The molecule has 20 heavy (non-hydrogen) atoms. The molecule has 2 aromatic rings. The van der Waals surface area contributed by atoms with Gasteiger partial charge in [-0.1, -0.05) is 32.4 Å². The number of aromatic nitrogens is 2. The van der Waals surface area contributed by atoms with Gasteiger partial charge in [0.15, 0.2) is 0 Å². The molecular weight excluding hydrogens is 254 g/mol. The SMILES string of the molecule is Cc1ccc2nc(NC(=O)C(C)(C)C)n(C)c(=O)c2c1. The number of hydrogen-bond donors (Lipinski definition) is 1. The molecule has 106 valence electrons. The highest BCUT2D eigenvalue weighted by Gasteiger charge is 2.23. The van der Waals surface area contributed by atoms with E-state index in [1.165, 1.54) is 4.57 Å². The molecule has 1 N–H and O–H groups in total. The van der Waals surface area contributed by atoms with Gasteiger partial charge < -0.3 is 0 Å². The molecule has 0 saturated carbocycles. The zero-order valence-corrected chi connectivity index (χ0v) is 12.4.